The summed E-state index contributed by atoms with van der Waals surface area (Å²) in [5.74, 6) is -0.277. The number of benzene rings is 2. The van der Waals surface area contributed by atoms with E-state index in [1.165, 1.54) is 22.0 Å². The zero-order chi connectivity index (χ0) is 21.1. The van der Waals surface area contributed by atoms with E-state index in [1.807, 2.05) is 12.1 Å². The van der Waals surface area contributed by atoms with Gasteiger partial charge in [-0.25, -0.2) is 8.42 Å². The Bertz CT molecular complexity index is 1030. The van der Waals surface area contributed by atoms with Crippen LogP contribution in [0.4, 0.5) is 0 Å². The highest BCUT2D eigenvalue weighted by Gasteiger charge is 2.29. The van der Waals surface area contributed by atoms with Crippen molar-refractivity contribution < 1.29 is 13.2 Å². The Hall–Kier alpha value is -1.89. The molecule has 1 fully saturated rings. The van der Waals surface area contributed by atoms with E-state index in [-0.39, 0.29) is 21.9 Å². The minimum Gasteiger partial charge on any atom is -0.345 e. The van der Waals surface area contributed by atoms with Crippen molar-refractivity contribution in [2.75, 3.05) is 13.1 Å². The fraction of sp³-hybridized carbons (Fsp3) is 0.435. The summed E-state index contributed by atoms with van der Waals surface area (Å²) in [7, 11) is -3.73. The van der Waals surface area contributed by atoms with E-state index in [0.717, 1.165) is 50.5 Å². The Morgan fingerprint density at radius 2 is 1.73 bits per heavy atom. The lowest BCUT2D eigenvalue weighted by Gasteiger charge is -2.26. The van der Waals surface area contributed by atoms with Crippen molar-refractivity contribution >= 4 is 27.5 Å². The summed E-state index contributed by atoms with van der Waals surface area (Å²) >= 11 is 6.27. The summed E-state index contributed by atoms with van der Waals surface area (Å²) in [5.41, 5.74) is 2.72. The second-order valence-corrected chi connectivity index (χ2v) is 10.4. The smallest absolute Gasteiger partial charge is 0.251 e. The van der Waals surface area contributed by atoms with Gasteiger partial charge in [0, 0.05) is 18.7 Å². The molecule has 0 unspecified atom stereocenters. The van der Waals surface area contributed by atoms with E-state index in [2.05, 4.69) is 17.4 Å². The molecule has 0 radical (unpaired) electrons. The number of fused-ring (bicyclic) bond motifs is 1. The van der Waals surface area contributed by atoms with E-state index in [4.69, 9.17) is 11.6 Å². The number of amides is 1. The number of carbonyl (C=O) groups excluding carboxylic acids is 1. The van der Waals surface area contributed by atoms with Crippen LogP contribution in [0.15, 0.2) is 47.4 Å². The van der Waals surface area contributed by atoms with Gasteiger partial charge in [-0.3, -0.25) is 4.79 Å². The van der Waals surface area contributed by atoms with Gasteiger partial charge in [0.1, 0.15) is 4.90 Å². The van der Waals surface area contributed by atoms with Gasteiger partial charge in [0.2, 0.25) is 10.0 Å². The minimum absolute atomic E-state index is 0.0164. The molecule has 5 nitrogen and oxygen atoms in total. The maximum atomic E-state index is 13.2. The molecular weight excluding hydrogens is 420 g/mol. The highest BCUT2D eigenvalue weighted by molar-refractivity contribution is 7.89. The lowest BCUT2D eigenvalue weighted by Crippen LogP contribution is -2.33. The molecule has 1 amide bonds. The van der Waals surface area contributed by atoms with Gasteiger partial charge in [-0.1, -0.05) is 48.7 Å². The Balaban J connectivity index is 1.58. The fourth-order valence-electron chi connectivity index (χ4n) is 4.41. The lowest BCUT2D eigenvalue weighted by molar-refractivity contribution is 0.0932. The number of hydrogen-bond acceptors (Lipinski definition) is 3. The zero-order valence-electron chi connectivity index (χ0n) is 16.9. The molecule has 2 aliphatic rings. The zero-order valence-corrected chi connectivity index (χ0v) is 18.5. The van der Waals surface area contributed by atoms with Crippen molar-refractivity contribution in [3.8, 4) is 0 Å². The van der Waals surface area contributed by atoms with Crippen LogP contribution >= 0.6 is 11.6 Å². The molecule has 7 heteroatoms. The van der Waals surface area contributed by atoms with Crippen molar-refractivity contribution in [1.29, 1.82) is 0 Å². The second-order valence-electron chi connectivity index (χ2n) is 8.08. The number of nitrogens with zero attached hydrogens (tertiary/aromatic N) is 1. The normalized spacial score (nSPS) is 20.2. The molecule has 1 heterocycles. The Morgan fingerprint density at radius 3 is 2.50 bits per heavy atom. The highest BCUT2D eigenvalue weighted by Crippen LogP contribution is 2.31. The van der Waals surface area contributed by atoms with E-state index in [9.17, 15) is 13.2 Å². The molecule has 0 aromatic heterocycles. The predicted octanol–water partition coefficient (Wildman–Crippen LogP) is 4.71. The number of hydrogen-bond donors (Lipinski definition) is 1. The van der Waals surface area contributed by atoms with E-state index >= 15 is 0 Å². The van der Waals surface area contributed by atoms with E-state index in [1.54, 1.807) is 6.07 Å². The number of aryl methyl sites for hydroxylation is 1. The first kappa shape index (κ1) is 21.3. The maximum absolute atomic E-state index is 13.2. The second kappa shape index (κ2) is 9.08. The van der Waals surface area contributed by atoms with Crippen LogP contribution in [0.5, 0.6) is 0 Å². The van der Waals surface area contributed by atoms with Crippen molar-refractivity contribution in [3.05, 3.63) is 64.2 Å². The molecular formula is C23H27ClN2O3S. The number of sulfonamides is 1. The largest absolute Gasteiger partial charge is 0.345 e. The third-order valence-electron chi connectivity index (χ3n) is 6.05. The van der Waals surface area contributed by atoms with Crippen LogP contribution in [0.1, 0.15) is 66.1 Å². The SMILES string of the molecule is O=C(N[C@@H]1CCCc2ccccc21)c1ccc(Cl)c(S(=O)(=O)N2CCCCCC2)c1. The average molecular weight is 447 g/mol. The molecule has 1 N–H and O–H groups in total. The van der Waals surface area contributed by atoms with Gasteiger partial charge in [0.05, 0.1) is 11.1 Å². The summed E-state index contributed by atoms with van der Waals surface area (Å²) in [5, 5.41) is 3.24. The van der Waals surface area contributed by atoms with Crippen molar-refractivity contribution in [3.63, 3.8) is 0 Å². The Morgan fingerprint density at radius 1 is 1.00 bits per heavy atom. The maximum Gasteiger partial charge on any atom is 0.251 e. The van der Waals surface area contributed by atoms with Gasteiger partial charge >= 0.3 is 0 Å². The van der Waals surface area contributed by atoms with Gasteiger partial charge in [0.25, 0.3) is 5.91 Å². The first-order valence-electron chi connectivity index (χ1n) is 10.7. The third-order valence-corrected chi connectivity index (χ3v) is 8.43. The summed E-state index contributed by atoms with van der Waals surface area (Å²) < 4.78 is 27.9. The minimum atomic E-state index is -3.73. The molecule has 4 rings (SSSR count). The molecule has 2 aromatic rings. The van der Waals surface area contributed by atoms with Crippen LogP contribution in [0, 0.1) is 0 Å². The number of halogens is 1. The fourth-order valence-corrected chi connectivity index (χ4v) is 6.43. The summed E-state index contributed by atoms with van der Waals surface area (Å²) in [6.45, 7) is 0.988. The topological polar surface area (TPSA) is 66.5 Å². The Kier molecular flexibility index (Phi) is 6.46. The highest BCUT2D eigenvalue weighted by atomic mass is 35.5. The average Bonchev–Trinajstić information content (AvgIpc) is 3.04. The van der Waals surface area contributed by atoms with Crippen LogP contribution in [-0.4, -0.2) is 31.7 Å². The molecule has 160 valence electrons. The number of carbonyl (C=O) groups is 1. The van der Waals surface area contributed by atoms with Gasteiger partial charge in [-0.15, -0.1) is 0 Å². The van der Waals surface area contributed by atoms with Crippen molar-refractivity contribution in [2.45, 2.75) is 55.9 Å². The number of nitrogens with one attached hydrogen (secondary N) is 1. The summed E-state index contributed by atoms with van der Waals surface area (Å²) in [6, 6.07) is 12.6. The molecule has 0 spiro atoms. The van der Waals surface area contributed by atoms with Crippen LogP contribution in [-0.2, 0) is 16.4 Å². The molecule has 2 aromatic carbocycles. The molecule has 30 heavy (non-hydrogen) atoms. The van der Waals surface area contributed by atoms with Crippen LogP contribution < -0.4 is 5.32 Å². The van der Waals surface area contributed by atoms with E-state index in [0.29, 0.717) is 18.7 Å². The first-order valence-corrected chi connectivity index (χ1v) is 12.5. The number of rotatable bonds is 4. The van der Waals surface area contributed by atoms with E-state index < -0.39 is 10.0 Å². The first-order chi connectivity index (χ1) is 14.5. The van der Waals surface area contributed by atoms with Crippen molar-refractivity contribution in [1.82, 2.24) is 9.62 Å². The summed E-state index contributed by atoms with van der Waals surface area (Å²) in [4.78, 5) is 13.0. The Labute approximate surface area is 183 Å². The quantitative estimate of drug-likeness (QED) is 0.739. The molecule has 0 saturated carbocycles. The van der Waals surface area contributed by atoms with Crippen LogP contribution in [0.25, 0.3) is 0 Å². The molecule has 1 aliphatic heterocycles. The van der Waals surface area contributed by atoms with Gasteiger partial charge in [-0.05, 0) is 61.4 Å². The molecule has 0 bridgehead atoms. The molecule has 1 atom stereocenters. The monoisotopic (exact) mass is 446 g/mol. The van der Waals surface area contributed by atoms with Gasteiger partial charge in [-0.2, -0.15) is 4.31 Å². The van der Waals surface area contributed by atoms with Crippen LogP contribution in [0.3, 0.4) is 0 Å². The van der Waals surface area contributed by atoms with Crippen LogP contribution in [0.2, 0.25) is 5.02 Å². The molecule has 1 saturated heterocycles. The lowest BCUT2D eigenvalue weighted by atomic mass is 9.87. The molecule has 1 aliphatic carbocycles. The predicted molar refractivity (Wildman–Crippen MR) is 118 cm³/mol. The van der Waals surface area contributed by atoms with Gasteiger partial charge < -0.3 is 5.32 Å². The third kappa shape index (κ3) is 4.41. The van der Waals surface area contributed by atoms with Gasteiger partial charge in [0.15, 0.2) is 0 Å². The summed E-state index contributed by atoms with van der Waals surface area (Å²) in [6.07, 6.45) is 6.65. The standard InChI is InChI=1S/C23H27ClN2O3S/c24-20-13-12-18(16-22(20)30(28,29)26-14-5-1-2-6-15-26)23(27)25-21-11-7-9-17-8-3-4-10-19(17)21/h3-4,8,10,12-13,16,21H,1-2,5-7,9,11,14-15H2,(H,25,27)/t21-/m1/s1. The van der Waals surface area contributed by atoms with Crippen molar-refractivity contribution in [2.24, 2.45) is 0 Å².